The minimum absolute atomic E-state index is 0.0257. The first-order valence-electron chi connectivity index (χ1n) is 9.94. The maximum absolute atomic E-state index is 12.9. The van der Waals surface area contributed by atoms with Gasteiger partial charge in [0.2, 0.25) is 5.91 Å². The van der Waals surface area contributed by atoms with E-state index in [1.807, 2.05) is 6.92 Å². The Hall–Kier alpha value is -2.78. The van der Waals surface area contributed by atoms with Crippen molar-refractivity contribution in [3.05, 3.63) is 53.1 Å². The van der Waals surface area contributed by atoms with Gasteiger partial charge in [-0.15, -0.1) is 0 Å². The molecule has 0 spiro atoms. The first kappa shape index (κ1) is 22.9. The molecule has 1 unspecified atom stereocenters. The summed E-state index contributed by atoms with van der Waals surface area (Å²) in [5.41, 5.74) is 0.415. The molecule has 2 amide bonds. The Balaban J connectivity index is 1.78. The normalized spacial score (nSPS) is 16.7. The molecule has 1 fully saturated rings. The van der Waals surface area contributed by atoms with Crippen molar-refractivity contribution >= 4 is 39.1 Å². The third kappa shape index (κ3) is 5.89. The SMILES string of the molecule is CCOc1ccc(NS(=O)(=O)c2cc(C(=O)NC3CCCCNC3=O)ccc2Cl)cc1. The fourth-order valence-electron chi connectivity index (χ4n) is 3.17. The predicted molar refractivity (Wildman–Crippen MR) is 118 cm³/mol. The van der Waals surface area contributed by atoms with Crippen LogP contribution in [0.5, 0.6) is 5.75 Å². The highest BCUT2D eigenvalue weighted by Crippen LogP contribution is 2.26. The fourth-order valence-corrected chi connectivity index (χ4v) is 4.75. The van der Waals surface area contributed by atoms with E-state index in [0.717, 1.165) is 12.8 Å². The zero-order valence-corrected chi connectivity index (χ0v) is 18.6. The number of ether oxygens (including phenoxy) is 1. The number of amides is 2. The zero-order valence-electron chi connectivity index (χ0n) is 17.0. The number of carbonyl (C=O) groups excluding carboxylic acids is 2. The molecule has 1 atom stereocenters. The van der Waals surface area contributed by atoms with E-state index in [4.69, 9.17) is 16.3 Å². The number of sulfonamides is 1. The lowest BCUT2D eigenvalue weighted by Gasteiger charge is -2.16. The van der Waals surface area contributed by atoms with Crippen LogP contribution < -0.4 is 20.1 Å². The van der Waals surface area contributed by atoms with E-state index in [-0.39, 0.29) is 21.4 Å². The molecule has 10 heteroatoms. The van der Waals surface area contributed by atoms with E-state index < -0.39 is 22.0 Å². The van der Waals surface area contributed by atoms with Crippen LogP contribution in [0.15, 0.2) is 47.4 Å². The first-order chi connectivity index (χ1) is 14.8. The standard InChI is InChI=1S/C21H24ClN3O5S/c1-2-30-16-9-7-15(8-10-16)25-31(28,29)19-13-14(6-11-17(19)22)20(26)24-18-5-3-4-12-23-21(18)27/h6-11,13,18,25H,2-5,12H2,1H3,(H,23,27)(H,24,26). The number of halogens is 1. The van der Waals surface area contributed by atoms with Gasteiger partial charge in [-0.3, -0.25) is 14.3 Å². The molecule has 0 saturated carbocycles. The van der Waals surface area contributed by atoms with E-state index >= 15 is 0 Å². The lowest BCUT2D eigenvalue weighted by molar-refractivity contribution is -0.122. The number of hydrogen-bond acceptors (Lipinski definition) is 5. The van der Waals surface area contributed by atoms with Gasteiger partial charge in [0, 0.05) is 17.8 Å². The Bertz CT molecular complexity index is 1060. The maximum atomic E-state index is 12.9. The quantitative estimate of drug-likeness (QED) is 0.581. The highest BCUT2D eigenvalue weighted by atomic mass is 35.5. The molecule has 31 heavy (non-hydrogen) atoms. The molecule has 1 saturated heterocycles. The largest absolute Gasteiger partial charge is 0.494 e. The van der Waals surface area contributed by atoms with Crippen LogP contribution >= 0.6 is 11.6 Å². The topological polar surface area (TPSA) is 114 Å². The molecule has 1 aliphatic heterocycles. The van der Waals surface area contributed by atoms with Crippen molar-refractivity contribution in [1.82, 2.24) is 10.6 Å². The molecule has 2 aromatic carbocycles. The fraction of sp³-hybridized carbons (Fsp3) is 0.333. The van der Waals surface area contributed by atoms with Crippen molar-refractivity contribution in [2.45, 2.75) is 37.1 Å². The molecule has 3 rings (SSSR count). The lowest BCUT2D eigenvalue weighted by Crippen LogP contribution is -2.45. The van der Waals surface area contributed by atoms with Gasteiger partial charge < -0.3 is 15.4 Å². The molecule has 1 heterocycles. The van der Waals surface area contributed by atoms with Crippen molar-refractivity contribution in [3.8, 4) is 5.75 Å². The molecular formula is C21H24ClN3O5S. The van der Waals surface area contributed by atoms with Crippen molar-refractivity contribution in [3.63, 3.8) is 0 Å². The van der Waals surface area contributed by atoms with Gasteiger partial charge in [-0.1, -0.05) is 11.6 Å². The first-order valence-corrected chi connectivity index (χ1v) is 11.8. The van der Waals surface area contributed by atoms with Gasteiger partial charge in [0.15, 0.2) is 0 Å². The number of hydrogen-bond donors (Lipinski definition) is 3. The molecule has 0 aromatic heterocycles. The summed E-state index contributed by atoms with van der Waals surface area (Å²) in [6.07, 6.45) is 2.17. The summed E-state index contributed by atoms with van der Waals surface area (Å²) in [6.45, 7) is 2.92. The minimum atomic E-state index is -4.06. The van der Waals surface area contributed by atoms with E-state index in [9.17, 15) is 18.0 Å². The number of carbonyl (C=O) groups is 2. The van der Waals surface area contributed by atoms with Crippen molar-refractivity contribution < 1.29 is 22.7 Å². The number of nitrogens with one attached hydrogen (secondary N) is 3. The van der Waals surface area contributed by atoms with Gasteiger partial charge in [0.05, 0.1) is 11.6 Å². The molecule has 0 bridgehead atoms. The van der Waals surface area contributed by atoms with Gasteiger partial charge in [-0.2, -0.15) is 0 Å². The van der Waals surface area contributed by atoms with E-state index in [1.54, 1.807) is 24.3 Å². The van der Waals surface area contributed by atoms with E-state index in [1.165, 1.54) is 18.2 Å². The summed E-state index contributed by atoms with van der Waals surface area (Å²) in [7, 11) is -4.06. The molecule has 0 aliphatic carbocycles. The van der Waals surface area contributed by atoms with Crippen LogP contribution in [0.1, 0.15) is 36.5 Å². The van der Waals surface area contributed by atoms with Crippen LogP contribution in [0.4, 0.5) is 5.69 Å². The number of benzene rings is 2. The van der Waals surface area contributed by atoms with Gasteiger partial charge in [-0.25, -0.2) is 8.42 Å². The predicted octanol–water partition coefficient (Wildman–Crippen LogP) is 2.94. The number of anilines is 1. The number of rotatable bonds is 7. The second-order valence-electron chi connectivity index (χ2n) is 7.02. The molecule has 2 aromatic rings. The highest BCUT2D eigenvalue weighted by molar-refractivity contribution is 7.92. The monoisotopic (exact) mass is 465 g/mol. The van der Waals surface area contributed by atoms with Crippen LogP contribution in [-0.2, 0) is 14.8 Å². The second-order valence-corrected chi connectivity index (χ2v) is 9.08. The van der Waals surface area contributed by atoms with Crippen molar-refractivity contribution in [2.24, 2.45) is 0 Å². The average Bonchev–Trinajstić information content (AvgIpc) is 2.94. The minimum Gasteiger partial charge on any atom is -0.494 e. The van der Waals surface area contributed by atoms with Crippen LogP contribution in [0, 0.1) is 0 Å². The van der Waals surface area contributed by atoms with Crippen LogP contribution in [0.2, 0.25) is 5.02 Å². The zero-order chi connectivity index (χ0) is 22.4. The maximum Gasteiger partial charge on any atom is 0.263 e. The van der Waals surface area contributed by atoms with Gasteiger partial charge in [0.1, 0.15) is 16.7 Å². The summed E-state index contributed by atoms with van der Waals surface area (Å²) in [5, 5.41) is 5.39. The van der Waals surface area contributed by atoms with Gasteiger partial charge >= 0.3 is 0 Å². The Morgan fingerprint density at radius 3 is 2.65 bits per heavy atom. The molecular weight excluding hydrogens is 442 g/mol. The Kier molecular flexibility index (Phi) is 7.40. The Morgan fingerprint density at radius 1 is 1.19 bits per heavy atom. The van der Waals surface area contributed by atoms with Crippen LogP contribution in [-0.4, -0.2) is 39.4 Å². The Morgan fingerprint density at radius 2 is 1.94 bits per heavy atom. The van der Waals surface area contributed by atoms with Gasteiger partial charge in [-0.05, 0) is 68.7 Å². The molecule has 0 radical (unpaired) electrons. The molecule has 166 valence electrons. The Labute approximate surface area is 186 Å². The summed E-state index contributed by atoms with van der Waals surface area (Å²) in [4.78, 5) is 24.5. The van der Waals surface area contributed by atoms with Gasteiger partial charge in [0.25, 0.3) is 15.9 Å². The molecule has 3 N–H and O–H groups in total. The van der Waals surface area contributed by atoms with Crippen molar-refractivity contribution in [1.29, 1.82) is 0 Å². The van der Waals surface area contributed by atoms with Crippen molar-refractivity contribution in [2.75, 3.05) is 17.9 Å². The highest BCUT2D eigenvalue weighted by Gasteiger charge is 2.25. The molecule has 8 nitrogen and oxygen atoms in total. The lowest BCUT2D eigenvalue weighted by atomic mass is 10.1. The van der Waals surface area contributed by atoms with Crippen LogP contribution in [0.25, 0.3) is 0 Å². The summed E-state index contributed by atoms with van der Waals surface area (Å²) >= 11 is 6.12. The van der Waals surface area contributed by atoms with Crippen LogP contribution in [0.3, 0.4) is 0 Å². The van der Waals surface area contributed by atoms with E-state index in [2.05, 4.69) is 15.4 Å². The smallest absolute Gasteiger partial charge is 0.263 e. The average molecular weight is 466 g/mol. The van der Waals surface area contributed by atoms with E-state index in [0.29, 0.717) is 31.0 Å². The molecule has 1 aliphatic rings. The summed E-state index contributed by atoms with van der Waals surface area (Å²) in [5.74, 6) is -0.175. The second kappa shape index (κ2) is 10.0. The third-order valence-corrected chi connectivity index (χ3v) is 6.60. The summed E-state index contributed by atoms with van der Waals surface area (Å²) in [6, 6.07) is 9.72. The third-order valence-electron chi connectivity index (χ3n) is 4.74. The summed E-state index contributed by atoms with van der Waals surface area (Å²) < 4.78 is 33.5.